The van der Waals surface area contributed by atoms with Gasteiger partial charge in [0.2, 0.25) is 0 Å². The first-order valence-corrected chi connectivity index (χ1v) is 7.11. The van der Waals surface area contributed by atoms with E-state index in [1.807, 2.05) is 18.2 Å². The van der Waals surface area contributed by atoms with Gasteiger partial charge in [-0.2, -0.15) is 0 Å². The van der Waals surface area contributed by atoms with Crippen LogP contribution in [0, 0.1) is 10.1 Å². The first-order chi connectivity index (χ1) is 9.68. The Morgan fingerprint density at radius 3 is 2.40 bits per heavy atom. The van der Waals surface area contributed by atoms with Crippen LogP contribution in [0.3, 0.4) is 0 Å². The Bertz CT molecular complexity index is 614. The van der Waals surface area contributed by atoms with Crippen LogP contribution in [0.2, 0.25) is 0 Å². The number of nitro benzene ring substituents is 1. The lowest BCUT2D eigenvalue weighted by Crippen LogP contribution is -2.00. The predicted molar refractivity (Wildman–Crippen MR) is 79.2 cm³/mol. The Labute approximate surface area is 121 Å². The Morgan fingerprint density at radius 2 is 1.70 bits per heavy atom. The van der Waals surface area contributed by atoms with Crippen LogP contribution in [-0.4, -0.2) is 16.5 Å². The third kappa shape index (κ3) is 3.68. The Morgan fingerprint density at radius 1 is 1.05 bits per heavy atom. The smallest absolute Gasteiger partial charge is 0.282 e. The number of rotatable bonds is 6. The lowest BCUT2D eigenvalue weighted by atomic mass is 10.1. The van der Waals surface area contributed by atoms with Gasteiger partial charge in [0.05, 0.1) is 9.82 Å². The van der Waals surface area contributed by atoms with Crippen LogP contribution >= 0.6 is 11.8 Å². The van der Waals surface area contributed by atoms with E-state index in [0.717, 1.165) is 0 Å². The van der Waals surface area contributed by atoms with Gasteiger partial charge in [0.15, 0.2) is 5.78 Å². The zero-order valence-electron chi connectivity index (χ0n) is 10.7. The molecule has 0 spiro atoms. The van der Waals surface area contributed by atoms with Crippen molar-refractivity contribution in [2.75, 3.05) is 5.75 Å². The van der Waals surface area contributed by atoms with Crippen molar-refractivity contribution < 1.29 is 9.72 Å². The van der Waals surface area contributed by atoms with E-state index >= 15 is 0 Å². The number of carbonyl (C=O) groups excluding carboxylic acids is 1. The van der Waals surface area contributed by atoms with Gasteiger partial charge in [0, 0.05) is 23.8 Å². The largest absolute Gasteiger partial charge is 0.294 e. The van der Waals surface area contributed by atoms with Crippen molar-refractivity contribution >= 4 is 23.2 Å². The lowest BCUT2D eigenvalue weighted by molar-refractivity contribution is -0.387. The highest BCUT2D eigenvalue weighted by molar-refractivity contribution is 7.99. The highest BCUT2D eigenvalue weighted by atomic mass is 32.2. The molecule has 0 aliphatic heterocycles. The second kappa shape index (κ2) is 6.86. The van der Waals surface area contributed by atoms with E-state index in [1.54, 1.807) is 30.3 Å². The molecule has 0 heterocycles. The summed E-state index contributed by atoms with van der Waals surface area (Å²) in [7, 11) is 0. The third-order valence-electron chi connectivity index (χ3n) is 2.74. The van der Waals surface area contributed by atoms with Gasteiger partial charge < -0.3 is 0 Å². The SMILES string of the molecule is O=C(CCSc1ccccc1[N+](=O)[O-])c1ccccc1. The Balaban J connectivity index is 1.94. The molecule has 0 fully saturated rings. The van der Waals surface area contributed by atoms with Crippen LogP contribution in [0.1, 0.15) is 16.8 Å². The number of nitrogens with zero attached hydrogens (tertiary/aromatic N) is 1. The number of ketones is 1. The fourth-order valence-corrected chi connectivity index (χ4v) is 2.72. The molecule has 5 heteroatoms. The van der Waals surface area contributed by atoms with Crippen LogP contribution in [0.5, 0.6) is 0 Å². The molecule has 4 nitrogen and oxygen atoms in total. The summed E-state index contributed by atoms with van der Waals surface area (Å²) in [6, 6.07) is 15.6. The van der Waals surface area contributed by atoms with E-state index in [4.69, 9.17) is 0 Å². The second-order valence-corrected chi connectivity index (χ2v) is 5.25. The van der Waals surface area contributed by atoms with E-state index in [9.17, 15) is 14.9 Å². The maximum absolute atomic E-state index is 11.9. The summed E-state index contributed by atoms with van der Waals surface area (Å²) in [4.78, 5) is 23.0. The Hall–Kier alpha value is -2.14. The van der Waals surface area contributed by atoms with Gasteiger partial charge in [0.25, 0.3) is 5.69 Å². The first kappa shape index (κ1) is 14.3. The lowest BCUT2D eigenvalue weighted by Gasteiger charge is -2.03. The summed E-state index contributed by atoms with van der Waals surface area (Å²) < 4.78 is 0. The average Bonchev–Trinajstić information content (AvgIpc) is 2.48. The molecule has 0 saturated heterocycles. The molecule has 0 amide bonds. The van der Waals surface area contributed by atoms with Gasteiger partial charge in [-0.05, 0) is 6.07 Å². The fraction of sp³-hybridized carbons (Fsp3) is 0.133. The monoisotopic (exact) mass is 287 g/mol. The summed E-state index contributed by atoms with van der Waals surface area (Å²) in [5.41, 5.74) is 0.764. The van der Waals surface area contributed by atoms with Crippen molar-refractivity contribution in [1.29, 1.82) is 0 Å². The van der Waals surface area contributed by atoms with Gasteiger partial charge in [-0.15, -0.1) is 11.8 Å². The van der Waals surface area contributed by atoms with E-state index < -0.39 is 4.92 Å². The molecule has 0 saturated carbocycles. The summed E-state index contributed by atoms with van der Waals surface area (Å²) in [5.74, 6) is 0.579. The molecule has 0 aromatic heterocycles. The first-order valence-electron chi connectivity index (χ1n) is 6.13. The van der Waals surface area contributed by atoms with Crippen molar-refractivity contribution in [3.63, 3.8) is 0 Å². The zero-order valence-corrected chi connectivity index (χ0v) is 11.5. The van der Waals surface area contributed by atoms with Gasteiger partial charge in [0.1, 0.15) is 0 Å². The zero-order chi connectivity index (χ0) is 14.4. The van der Waals surface area contributed by atoms with Crippen molar-refractivity contribution in [2.24, 2.45) is 0 Å². The van der Waals surface area contributed by atoms with Crippen molar-refractivity contribution in [3.8, 4) is 0 Å². The number of carbonyl (C=O) groups is 1. The number of thioether (sulfide) groups is 1. The van der Waals surface area contributed by atoms with E-state index in [-0.39, 0.29) is 11.5 Å². The highest BCUT2D eigenvalue weighted by Crippen LogP contribution is 2.29. The third-order valence-corrected chi connectivity index (χ3v) is 3.81. The fourth-order valence-electron chi connectivity index (χ4n) is 1.75. The van der Waals surface area contributed by atoms with Gasteiger partial charge >= 0.3 is 0 Å². The van der Waals surface area contributed by atoms with Crippen LogP contribution in [0.4, 0.5) is 5.69 Å². The molecular weight excluding hydrogens is 274 g/mol. The number of hydrogen-bond acceptors (Lipinski definition) is 4. The number of hydrogen-bond donors (Lipinski definition) is 0. The molecule has 0 aliphatic carbocycles. The minimum absolute atomic E-state index is 0.0525. The molecule has 2 rings (SSSR count). The van der Waals surface area contributed by atoms with Crippen LogP contribution in [-0.2, 0) is 0 Å². The van der Waals surface area contributed by atoms with E-state index in [1.165, 1.54) is 17.8 Å². The summed E-state index contributed by atoms with van der Waals surface area (Å²) >= 11 is 1.34. The maximum Gasteiger partial charge on any atom is 0.282 e. The highest BCUT2D eigenvalue weighted by Gasteiger charge is 2.13. The maximum atomic E-state index is 11.9. The number of para-hydroxylation sites is 1. The van der Waals surface area contributed by atoms with Crippen molar-refractivity contribution in [3.05, 3.63) is 70.3 Å². The van der Waals surface area contributed by atoms with Crippen molar-refractivity contribution in [2.45, 2.75) is 11.3 Å². The van der Waals surface area contributed by atoms with E-state index in [0.29, 0.717) is 22.6 Å². The molecule has 0 N–H and O–H groups in total. The minimum Gasteiger partial charge on any atom is -0.294 e. The standard InChI is InChI=1S/C15H13NO3S/c17-14(12-6-2-1-3-7-12)10-11-20-15-9-5-4-8-13(15)16(18)19/h1-9H,10-11H2. The predicted octanol–water partition coefficient (Wildman–Crippen LogP) is 3.96. The topological polar surface area (TPSA) is 60.2 Å². The molecule has 20 heavy (non-hydrogen) atoms. The van der Waals surface area contributed by atoms with Crippen LogP contribution < -0.4 is 0 Å². The number of Topliss-reactive ketones (excluding diaryl/α,β-unsaturated/α-hetero) is 1. The summed E-state index contributed by atoms with van der Waals surface area (Å²) in [5, 5.41) is 10.9. The number of benzene rings is 2. The normalized spacial score (nSPS) is 10.2. The molecule has 0 aliphatic rings. The summed E-state index contributed by atoms with van der Waals surface area (Å²) in [6.45, 7) is 0. The van der Waals surface area contributed by atoms with E-state index in [2.05, 4.69) is 0 Å². The molecule has 2 aromatic rings. The summed E-state index contributed by atoms with van der Waals surface area (Å²) in [6.07, 6.45) is 0.362. The molecule has 0 atom stereocenters. The molecule has 0 unspecified atom stereocenters. The molecule has 0 bridgehead atoms. The number of nitro groups is 1. The van der Waals surface area contributed by atoms with Crippen LogP contribution in [0.25, 0.3) is 0 Å². The van der Waals surface area contributed by atoms with Gasteiger partial charge in [-0.25, -0.2) is 0 Å². The van der Waals surface area contributed by atoms with Gasteiger partial charge in [-0.3, -0.25) is 14.9 Å². The minimum atomic E-state index is -0.401. The average molecular weight is 287 g/mol. The van der Waals surface area contributed by atoms with Gasteiger partial charge in [-0.1, -0.05) is 42.5 Å². The van der Waals surface area contributed by atoms with Crippen LogP contribution in [0.15, 0.2) is 59.5 Å². The Kier molecular flexibility index (Phi) is 4.90. The molecule has 102 valence electrons. The quantitative estimate of drug-likeness (QED) is 0.349. The molecule has 2 aromatic carbocycles. The molecule has 0 radical (unpaired) electrons. The second-order valence-electron chi connectivity index (χ2n) is 4.11. The van der Waals surface area contributed by atoms with Crippen molar-refractivity contribution in [1.82, 2.24) is 0 Å². The molecular formula is C15H13NO3S.